The Bertz CT molecular complexity index is 1020. The Morgan fingerprint density at radius 2 is 1.53 bits per heavy atom. The number of amides is 2. The molecule has 3 aromatic rings. The molecule has 0 fully saturated rings. The Hall–Kier alpha value is -3.60. The van der Waals surface area contributed by atoms with Gasteiger partial charge in [-0.1, -0.05) is 48.5 Å². The first kappa shape index (κ1) is 19.7. The van der Waals surface area contributed by atoms with Gasteiger partial charge in [-0.2, -0.15) is 0 Å². The number of nitrogens with zero attached hydrogens (tertiary/aromatic N) is 1. The first-order valence-electron chi connectivity index (χ1n) is 10.2. The maximum atomic E-state index is 12.6. The number of anilines is 3. The summed E-state index contributed by atoms with van der Waals surface area (Å²) >= 11 is 0. The van der Waals surface area contributed by atoms with Gasteiger partial charge in [0, 0.05) is 30.0 Å². The third kappa shape index (κ3) is 4.87. The number of hydrogen-bond donors (Lipinski definition) is 2. The molecule has 0 atom stereocenters. The average Bonchev–Trinajstić information content (AvgIpc) is 3.22. The molecule has 5 heteroatoms. The molecule has 1 aliphatic heterocycles. The number of hydrogen-bond acceptors (Lipinski definition) is 3. The van der Waals surface area contributed by atoms with Gasteiger partial charge in [0.1, 0.15) is 0 Å². The van der Waals surface area contributed by atoms with Crippen LogP contribution in [0.15, 0.2) is 78.9 Å². The topological polar surface area (TPSA) is 61.4 Å². The molecular formula is C25H25N3O2. The van der Waals surface area contributed by atoms with Crippen LogP contribution >= 0.6 is 0 Å². The van der Waals surface area contributed by atoms with Crippen molar-refractivity contribution in [1.29, 1.82) is 0 Å². The molecule has 0 unspecified atom stereocenters. The number of fused-ring (bicyclic) bond motifs is 1. The highest BCUT2D eigenvalue weighted by molar-refractivity contribution is 5.98. The fraction of sp³-hybridized carbons (Fsp3) is 0.200. The van der Waals surface area contributed by atoms with Gasteiger partial charge in [0.25, 0.3) is 0 Å². The minimum Gasteiger partial charge on any atom is -0.376 e. The normalized spacial score (nSPS) is 12.3. The maximum Gasteiger partial charge on any atom is 0.246 e. The molecule has 5 nitrogen and oxygen atoms in total. The molecule has 0 radical (unpaired) electrons. The molecule has 1 aliphatic rings. The second-order valence-electron chi connectivity index (χ2n) is 7.39. The lowest BCUT2D eigenvalue weighted by molar-refractivity contribution is -0.117. The van der Waals surface area contributed by atoms with Crippen LogP contribution in [-0.2, 0) is 22.4 Å². The van der Waals surface area contributed by atoms with Gasteiger partial charge < -0.3 is 15.5 Å². The molecule has 0 bridgehead atoms. The summed E-state index contributed by atoms with van der Waals surface area (Å²) in [7, 11) is 0. The zero-order chi connectivity index (χ0) is 20.8. The monoisotopic (exact) mass is 399 g/mol. The van der Waals surface area contributed by atoms with Crippen molar-refractivity contribution in [2.75, 3.05) is 28.6 Å². The largest absolute Gasteiger partial charge is 0.376 e. The summed E-state index contributed by atoms with van der Waals surface area (Å²) in [5.41, 5.74) is 4.98. The van der Waals surface area contributed by atoms with Crippen LogP contribution in [0.1, 0.15) is 17.5 Å². The molecule has 0 saturated carbocycles. The van der Waals surface area contributed by atoms with Crippen LogP contribution in [0.2, 0.25) is 0 Å². The second-order valence-corrected chi connectivity index (χ2v) is 7.39. The van der Waals surface area contributed by atoms with Gasteiger partial charge in [0.05, 0.1) is 6.54 Å². The van der Waals surface area contributed by atoms with E-state index < -0.39 is 0 Å². The van der Waals surface area contributed by atoms with E-state index in [1.54, 1.807) is 0 Å². The number of rotatable bonds is 7. The van der Waals surface area contributed by atoms with Crippen LogP contribution in [0, 0.1) is 0 Å². The summed E-state index contributed by atoms with van der Waals surface area (Å²) in [5.74, 6) is 0.0423. The number of benzene rings is 3. The highest BCUT2D eigenvalue weighted by atomic mass is 16.2. The fourth-order valence-electron chi connectivity index (χ4n) is 3.67. The molecule has 4 rings (SSSR count). The molecule has 3 aromatic carbocycles. The highest BCUT2D eigenvalue weighted by Crippen LogP contribution is 2.27. The lowest BCUT2D eigenvalue weighted by atomic mass is 10.1. The predicted molar refractivity (Wildman–Crippen MR) is 121 cm³/mol. The van der Waals surface area contributed by atoms with Crippen LogP contribution in [0.5, 0.6) is 0 Å². The third-order valence-electron chi connectivity index (χ3n) is 5.28. The van der Waals surface area contributed by atoms with E-state index >= 15 is 0 Å². The van der Waals surface area contributed by atoms with Crippen molar-refractivity contribution in [3.8, 4) is 0 Å². The van der Waals surface area contributed by atoms with Crippen molar-refractivity contribution in [1.82, 2.24) is 0 Å². The molecular weight excluding hydrogens is 374 g/mol. The lowest BCUT2D eigenvalue weighted by Gasteiger charge is -2.18. The van der Waals surface area contributed by atoms with Gasteiger partial charge in [0.2, 0.25) is 11.8 Å². The molecule has 0 aromatic heterocycles. The van der Waals surface area contributed by atoms with E-state index in [-0.39, 0.29) is 18.4 Å². The van der Waals surface area contributed by atoms with Gasteiger partial charge in [-0.05, 0) is 54.3 Å². The standard InChI is InChI=1S/C25H25N3O2/c29-24(15-10-19-6-2-1-3-7-19)27-22-13-11-21(12-14-22)26-18-25(30)28-17-16-20-8-4-5-9-23(20)28/h1-9,11-14,26H,10,15-18H2,(H,27,29). The average molecular weight is 399 g/mol. The minimum atomic E-state index is -0.0116. The molecule has 30 heavy (non-hydrogen) atoms. The van der Waals surface area contributed by atoms with Gasteiger partial charge in [-0.15, -0.1) is 0 Å². The van der Waals surface area contributed by atoms with E-state index in [2.05, 4.69) is 16.7 Å². The van der Waals surface area contributed by atoms with Gasteiger partial charge in [-0.3, -0.25) is 9.59 Å². The molecule has 1 heterocycles. The summed E-state index contributed by atoms with van der Waals surface area (Å²) < 4.78 is 0. The smallest absolute Gasteiger partial charge is 0.246 e. The van der Waals surface area contributed by atoms with Crippen LogP contribution in [0.3, 0.4) is 0 Å². The molecule has 2 amide bonds. The zero-order valence-corrected chi connectivity index (χ0v) is 16.8. The van der Waals surface area contributed by atoms with Crippen molar-refractivity contribution in [3.63, 3.8) is 0 Å². The SMILES string of the molecule is O=C(CCc1ccccc1)Nc1ccc(NCC(=O)N2CCc3ccccc32)cc1. The van der Waals surface area contributed by atoms with E-state index in [4.69, 9.17) is 0 Å². The summed E-state index contributed by atoms with van der Waals surface area (Å²) in [5, 5.41) is 6.09. The highest BCUT2D eigenvalue weighted by Gasteiger charge is 2.23. The van der Waals surface area contributed by atoms with E-state index in [1.165, 1.54) is 5.56 Å². The minimum absolute atomic E-state index is 0.0116. The first-order chi connectivity index (χ1) is 14.7. The third-order valence-corrected chi connectivity index (χ3v) is 5.28. The molecule has 152 valence electrons. The Morgan fingerprint density at radius 1 is 0.833 bits per heavy atom. The first-order valence-corrected chi connectivity index (χ1v) is 10.2. The molecule has 0 saturated heterocycles. The van der Waals surface area contributed by atoms with Crippen molar-refractivity contribution >= 4 is 28.9 Å². The number of carbonyl (C=O) groups is 2. The van der Waals surface area contributed by atoms with Crippen molar-refractivity contribution in [3.05, 3.63) is 90.0 Å². The number of nitrogens with one attached hydrogen (secondary N) is 2. The van der Waals surface area contributed by atoms with E-state index in [9.17, 15) is 9.59 Å². The van der Waals surface area contributed by atoms with Crippen LogP contribution in [0.25, 0.3) is 0 Å². The van der Waals surface area contributed by atoms with Gasteiger partial charge >= 0.3 is 0 Å². The molecule has 0 spiro atoms. The lowest BCUT2D eigenvalue weighted by Crippen LogP contribution is -2.34. The summed E-state index contributed by atoms with van der Waals surface area (Å²) in [6.45, 7) is 0.963. The van der Waals surface area contributed by atoms with Gasteiger partial charge in [-0.25, -0.2) is 0 Å². The van der Waals surface area contributed by atoms with Crippen LogP contribution < -0.4 is 15.5 Å². The maximum absolute atomic E-state index is 12.6. The van der Waals surface area contributed by atoms with E-state index in [0.717, 1.165) is 35.6 Å². The van der Waals surface area contributed by atoms with Gasteiger partial charge in [0.15, 0.2) is 0 Å². The van der Waals surface area contributed by atoms with Crippen LogP contribution in [-0.4, -0.2) is 24.9 Å². The van der Waals surface area contributed by atoms with Crippen molar-refractivity contribution < 1.29 is 9.59 Å². The zero-order valence-electron chi connectivity index (χ0n) is 16.8. The van der Waals surface area contributed by atoms with E-state index in [0.29, 0.717) is 12.8 Å². The van der Waals surface area contributed by atoms with Crippen LogP contribution in [0.4, 0.5) is 17.1 Å². The Labute approximate surface area is 176 Å². The Morgan fingerprint density at radius 3 is 2.33 bits per heavy atom. The van der Waals surface area contributed by atoms with E-state index in [1.807, 2.05) is 77.7 Å². The van der Waals surface area contributed by atoms with Crippen molar-refractivity contribution in [2.45, 2.75) is 19.3 Å². The number of aryl methyl sites for hydroxylation is 1. The quantitative estimate of drug-likeness (QED) is 0.624. The number of carbonyl (C=O) groups excluding carboxylic acids is 2. The molecule has 2 N–H and O–H groups in total. The predicted octanol–water partition coefficient (Wildman–Crippen LogP) is 4.26. The fourth-order valence-corrected chi connectivity index (χ4v) is 3.67. The molecule has 0 aliphatic carbocycles. The Balaban J connectivity index is 1.25. The summed E-state index contributed by atoms with van der Waals surface area (Å²) in [6, 6.07) is 25.4. The second kappa shape index (κ2) is 9.27. The summed E-state index contributed by atoms with van der Waals surface area (Å²) in [6.07, 6.45) is 2.06. The van der Waals surface area contributed by atoms with Crippen molar-refractivity contribution in [2.24, 2.45) is 0 Å². The number of para-hydroxylation sites is 1. The Kier molecular flexibility index (Phi) is 6.09. The summed E-state index contributed by atoms with van der Waals surface area (Å²) in [4.78, 5) is 26.6.